The van der Waals surface area contributed by atoms with Crippen LogP contribution in [0.3, 0.4) is 0 Å². The molecule has 5 heterocycles. The highest BCUT2D eigenvalue weighted by Gasteiger charge is 2.59. The van der Waals surface area contributed by atoms with Crippen LogP contribution in [0.4, 0.5) is 0 Å². The summed E-state index contributed by atoms with van der Waals surface area (Å²) in [5.74, 6) is -6.45. The van der Waals surface area contributed by atoms with Gasteiger partial charge < -0.3 is 53.6 Å². The number of hydrogen-bond acceptors (Lipinski definition) is 15. The minimum absolute atomic E-state index is 0.0915. The molecule has 5 rings (SSSR count). The van der Waals surface area contributed by atoms with E-state index in [2.05, 4.69) is 0 Å². The van der Waals surface area contributed by atoms with Crippen LogP contribution in [-0.2, 0) is 52.3 Å². The summed E-state index contributed by atoms with van der Waals surface area (Å²) >= 11 is 0. The quantitative estimate of drug-likeness (QED) is 0.140. The van der Waals surface area contributed by atoms with Gasteiger partial charge in [0, 0.05) is 49.7 Å². The first-order chi connectivity index (χ1) is 25.8. The standard InChI is InChI=1S/C41H60O15/c1-22(42)29-19-30-35-24(15-33(45)54-35)20-40(48,56-30)38(5,6)11-10-26-12-23(14-32(44)50-9)13-28(51-26)21-41(49)39(7,8)31(53-36(47)37(2,3)4)18-27(55-41)16-25(43)17-34(46)52-29/h10-11,14-15,22,25-31,35,42-43,48-49H,12-13,16-21H2,1-9H3/b11-10+,23-14?/t22-,25-,26+,27-,28+,29-,30-,31+,35+,40-,41+/m1/s1. The van der Waals surface area contributed by atoms with Crippen LogP contribution >= 0.6 is 0 Å². The number of fused-ring (bicyclic) bond motifs is 8. The maximum Gasteiger partial charge on any atom is 0.331 e. The third kappa shape index (κ3) is 9.57. The van der Waals surface area contributed by atoms with Crippen molar-refractivity contribution in [3.05, 3.63) is 35.5 Å². The van der Waals surface area contributed by atoms with Crippen LogP contribution in [0.25, 0.3) is 0 Å². The van der Waals surface area contributed by atoms with Crippen molar-refractivity contribution in [1.82, 2.24) is 0 Å². The number of carbonyl (C=O) groups excluding carboxylic acids is 4. The van der Waals surface area contributed by atoms with Gasteiger partial charge >= 0.3 is 23.9 Å². The summed E-state index contributed by atoms with van der Waals surface area (Å²) in [6.45, 7) is 13.5. The number of carbonyl (C=O) groups is 4. The third-order valence-electron chi connectivity index (χ3n) is 11.9. The Morgan fingerprint density at radius 1 is 0.964 bits per heavy atom. The molecule has 3 saturated heterocycles. The number of aliphatic hydroxyl groups excluding tert-OH is 2. The predicted octanol–water partition coefficient (Wildman–Crippen LogP) is 3.23. The molecule has 5 aliphatic rings. The van der Waals surface area contributed by atoms with E-state index in [1.54, 1.807) is 60.6 Å². The van der Waals surface area contributed by atoms with E-state index in [0.717, 1.165) is 0 Å². The Balaban J connectivity index is 1.57. The Kier molecular flexibility index (Phi) is 12.7. The van der Waals surface area contributed by atoms with Crippen LogP contribution in [0.2, 0.25) is 0 Å². The molecule has 0 aromatic heterocycles. The minimum Gasteiger partial charge on any atom is -0.466 e. The fraction of sp³-hybridized carbons (Fsp3) is 0.756. The molecule has 5 aliphatic heterocycles. The summed E-state index contributed by atoms with van der Waals surface area (Å²) < 4.78 is 41.5. The topological polar surface area (TPSA) is 214 Å². The van der Waals surface area contributed by atoms with Gasteiger partial charge in [-0.25, -0.2) is 9.59 Å². The van der Waals surface area contributed by atoms with Crippen LogP contribution in [0.5, 0.6) is 0 Å². The average molecular weight is 793 g/mol. The van der Waals surface area contributed by atoms with E-state index in [1.807, 2.05) is 0 Å². The number of methoxy groups -OCH3 is 1. The van der Waals surface area contributed by atoms with Gasteiger partial charge in [-0.2, -0.15) is 0 Å². The van der Waals surface area contributed by atoms with Crippen molar-refractivity contribution in [2.45, 2.75) is 173 Å². The molecule has 0 aromatic rings. The second-order valence-corrected chi connectivity index (χ2v) is 18.2. The zero-order chi connectivity index (χ0) is 41.6. The fourth-order valence-corrected chi connectivity index (χ4v) is 8.04. The van der Waals surface area contributed by atoms with E-state index >= 15 is 0 Å². The Morgan fingerprint density at radius 2 is 1.66 bits per heavy atom. The van der Waals surface area contributed by atoms with Crippen molar-refractivity contribution in [3.63, 3.8) is 0 Å². The molecule has 0 amide bonds. The summed E-state index contributed by atoms with van der Waals surface area (Å²) in [5.41, 5.74) is -2.08. The van der Waals surface area contributed by atoms with Gasteiger partial charge in [0.25, 0.3) is 0 Å². The Hall–Kier alpha value is -3.18. The molecule has 0 aliphatic carbocycles. The lowest BCUT2D eigenvalue weighted by atomic mass is 9.70. The van der Waals surface area contributed by atoms with Gasteiger partial charge in [-0.1, -0.05) is 45.4 Å². The number of rotatable bonds is 3. The number of hydrogen-bond donors (Lipinski definition) is 4. The monoisotopic (exact) mass is 792 g/mol. The van der Waals surface area contributed by atoms with Crippen LogP contribution in [-0.4, -0.2) is 118 Å². The molecule has 15 heteroatoms. The average Bonchev–Trinajstić information content (AvgIpc) is 3.44. The summed E-state index contributed by atoms with van der Waals surface area (Å²) in [6, 6.07) is 0. The lowest BCUT2D eigenvalue weighted by Crippen LogP contribution is -2.62. The summed E-state index contributed by atoms with van der Waals surface area (Å²) in [4.78, 5) is 51.5. The highest BCUT2D eigenvalue weighted by Crippen LogP contribution is 2.50. The van der Waals surface area contributed by atoms with E-state index in [4.69, 9.17) is 33.2 Å². The molecule has 0 unspecified atom stereocenters. The normalized spacial score (nSPS) is 39.5. The first-order valence-electron chi connectivity index (χ1n) is 19.4. The first kappa shape index (κ1) is 43.9. The maximum atomic E-state index is 13.3. The summed E-state index contributed by atoms with van der Waals surface area (Å²) in [7, 11) is 1.27. The molecule has 11 atom stereocenters. The molecule has 314 valence electrons. The van der Waals surface area contributed by atoms with Crippen LogP contribution in [0.15, 0.2) is 35.5 Å². The summed E-state index contributed by atoms with van der Waals surface area (Å²) in [5, 5.41) is 46.7. The van der Waals surface area contributed by atoms with Crippen molar-refractivity contribution in [3.8, 4) is 0 Å². The van der Waals surface area contributed by atoms with Gasteiger partial charge in [0.2, 0.25) is 0 Å². The minimum atomic E-state index is -2.01. The second-order valence-electron chi connectivity index (χ2n) is 18.2. The number of aliphatic hydroxyl groups is 4. The highest BCUT2D eigenvalue weighted by atomic mass is 16.7. The Labute approximate surface area is 328 Å². The molecule has 4 N–H and O–H groups in total. The number of cyclic esters (lactones) is 1. The van der Waals surface area contributed by atoms with E-state index in [9.17, 15) is 39.6 Å². The predicted molar refractivity (Wildman–Crippen MR) is 197 cm³/mol. The van der Waals surface area contributed by atoms with Gasteiger partial charge in [0.15, 0.2) is 17.7 Å². The van der Waals surface area contributed by atoms with E-state index in [1.165, 1.54) is 26.2 Å². The molecular weight excluding hydrogens is 732 g/mol. The Bertz CT molecular complexity index is 1600. The molecule has 3 fully saturated rings. The van der Waals surface area contributed by atoms with Crippen LogP contribution < -0.4 is 0 Å². The molecule has 0 radical (unpaired) electrons. The van der Waals surface area contributed by atoms with Crippen molar-refractivity contribution in [2.24, 2.45) is 16.2 Å². The lowest BCUT2D eigenvalue weighted by Gasteiger charge is -2.54. The van der Waals surface area contributed by atoms with E-state index < -0.39 is 113 Å². The SMILES string of the molecule is COC(=O)C=C1C[C@H]2C[C@]3(O)O[C@H](C[C@@H](O)CC(=O)O[C@@H]([C@@H](C)O)C[C@H]4O[C@](O)(CC5=CC(=O)O[C@@H]54)C(C)(C)/C=C/[C@@H](C1)O2)C[C@H](OC(=O)C(C)(C)C)C3(C)C. The second kappa shape index (κ2) is 16.2. The Morgan fingerprint density at radius 3 is 2.30 bits per heavy atom. The highest BCUT2D eigenvalue weighted by molar-refractivity contribution is 5.86. The maximum absolute atomic E-state index is 13.3. The van der Waals surface area contributed by atoms with Crippen LogP contribution in [0, 0.1) is 16.2 Å². The first-order valence-corrected chi connectivity index (χ1v) is 19.4. The van der Waals surface area contributed by atoms with Gasteiger partial charge in [0.1, 0.15) is 18.3 Å². The van der Waals surface area contributed by atoms with Gasteiger partial charge in [-0.05, 0) is 46.1 Å². The zero-order valence-electron chi connectivity index (χ0n) is 33.9. The molecule has 56 heavy (non-hydrogen) atoms. The van der Waals surface area contributed by atoms with Crippen molar-refractivity contribution >= 4 is 23.9 Å². The molecule has 0 spiro atoms. The van der Waals surface area contributed by atoms with E-state index in [0.29, 0.717) is 11.1 Å². The van der Waals surface area contributed by atoms with Crippen molar-refractivity contribution in [1.29, 1.82) is 0 Å². The third-order valence-corrected chi connectivity index (χ3v) is 11.9. The largest absolute Gasteiger partial charge is 0.466 e. The van der Waals surface area contributed by atoms with Gasteiger partial charge in [-0.3, -0.25) is 9.59 Å². The number of ether oxygens (including phenoxy) is 7. The van der Waals surface area contributed by atoms with Crippen molar-refractivity contribution < 1.29 is 72.8 Å². The lowest BCUT2D eigenvalue weighted by molar-refractivity contribution is -0.349. The molecular formula is C41H60O15. The fourth-order valence-electron chi connectivity index (χ4n) is 8.04. The molecule has 6 bridgehead atoms. The smallest absolute Gasteiger partial charge is 0.331 e. The zero-order valence-corrected chi connectivity index (χ0v) is 33.9. The molecule has 0 saturated carbocycles. The van der Waals surface area contributed by atoms with Gasteiger partial charge in [-0.15, -0.1) is 0 Å². The van der Waals surface area contributed by atoms with Crippen molar-refractivity contribution in [2.75, 3.05) is 7.11 Å². The van der Waals surface area contributed by atoms with Gasteiger partial charge in [0.05, 0.1) is 54.9 Å². The summed E-state index contributed by atoms with van der Waals surface area (Å²) in [6.07, 6.45) is -3.16. The van der Waals surface area contributed by atoms with E-state index in [-0.39, 0.29) is 44.9 Å². The molecule has 15 nitrogen and oxygen atoms in total. The van der Waals surface area contributed by atoms with Crippen LogP contribution in [0.1, 0.15) is 107 Å². The molecule has 0 aromatic carbocycles. The number of esters is 4.